The van der Waals surface area contributed by atoms with Crippen molar-refractivity contribution in [1.29, 1.82) is 0 Å². The summed E-state index contributed by atoms with van der Waals surface area (Å²) >= 11 is 1.22. The second kappa shape index (κ2) is 8.79. The van der Waals surface area contributed by atoms with Crippen LogP contribution in [0.4, 0.5) is 5.13 Å². The smallest absolute Gasteiger partial charge is 0.354 e. The summed E-state index contributed by atoms with van der Waals surface area (Å²) in [6.07, 6.45) is 1.62. The lowest BCUT2D eigenvalue weighted by molar-refractivity contribution is -0.118. The summed E-state index contributed by atoms with van der Waals surface area (Å²) in [6, 6.07) is 7.25. The van der Waals surface area contributed by atoms with Gasteiger partial charge < -0.3 is 15.0 Å². The fourth-order valence-corrected chi connectivity index (χ4v) is 5.25. The number of anilines is 1. The Morgan fingerprint density at radius 1 is 1.24 bits per heavy atom. The fourth-order valence-electron chi connectivity index (χ4n) is 3.29. The molecule has 4 rings (SSSR count). The van der Waals surface area contributed by atoms with Crippen molar-refractivity contribution in [2.45, 2.75) is 24.8 Å². The molecule has 3 N–H and O–H groups in total. The molecule has 10 nitrogen and oxygen atoms in total. The quantitative estimate of drug-likeness (QED) is 0.456. The van der Waals surface area contributed by atoms with E-state index < -0.39 is 27.9 Å². The van der Waals surface area contributed by atoms with Crippen molar-refractivity contribution < 1.29 is 22.7 Å². The molecule has 1 aliphatic heterocycles. The van der Waals surface area contributed by atoms with Crippen LogP contribution in [0.1, 0.15) is 29.9 Å². The van der Waals surface area contributed by atoms with Gasteiger partial charge in [0.2, 0.25) is 0 Å². The number of fused-ring (bicyclic) bond motifs is 1. The number of amides is 1. The number of carbonyl (C=O) groups is 2. The zero-order valence-corrected chi connectivity index (χ0v) is 19.6. The minimum atomic E-state index is -3.70. The third kappa shape index (κ3) is 4.52. The molecule has 1 atom stereocenters. The summed E-state index contributed by atoms with van der Waals surface area (Å²) in [5.41, 5.74) is 1.97. The topological polar surface area (TPSA) is 143 Å². The lowest BCUT2D eigenvalue weighted by Crippen LogP contribution is -2.34. The third-order valence-corrected chi connectivity index (χ3v) is 7.10. The molecule has 1 aromatic carbocycles. The Morgan fingerprint density at radius 2 is 2.00 bits per heavy atom. The van der Waals surface area contributed by atoms with E-state index in [0.717, 1.165) is 0 Å². The second-order valence-corrected chi connectivity index (χ2v) is 10.1. The number of thiazole rings is 1. The zero-order chi connectivity index (χ0) is 23.8. The first kappa shape index (κ1) is 22.7. The number of rotatable bonds is 6. The molecular formula is C21H21N5O5S2. The highest BCUT2D eigenvalue weighted by atomic mass is 32.2. The molecule has 0 unspecified atom stereocenters. The van der Waals surface area contributed by atoms with Crippen LogP contribution in [0.5, 0.6) is 0 Å². The highest BCUT2D eigenvalue weighted by Gasteiger charge is 2.32. The number of ether oxygens (including phenoxy) is 1. The van der Waals surface area contributed by atoms with E-state index in [4.69, 9.17) is 0 Å². The summed E-state index contributed by atoms with van der Waals surface area (Å²) < 4.78 is 31.8. The molecule has 0 radical (unpaired) electrons. The van der Waals surface area contributed by atoms with Crippen molar-refractivity contribution >= 4 is 44.2 Å². The van der Waals surface area contributed by atoms with E-state index in [2.05, 4.69) is 29.7 Å². The molecule has 0 spiro atoms. The van der Waals surface area contributed by atoms with Crippen molar-refractivity contribution in [1.82, 2.24) is 14.7 Å². The number of amidine groups is 1. The van der Waals surface area contributed by atoms with Gasteiger partial charge >= 0.3 is 5.97 Å². The number of sulfonamides is 1. The Bertz CT molecular complexity index is 1360. The molecule has 0 aliphatic carbocycles. The molecule has 0 fully saturated rings. The van der Waals surface area contributed by atoms with Gasteiger partial charge in [-0.15, -0.1) is 11.3 Å². The van der Waals surface area contributed by atoms with Crippen molar-refractivity contribution in [2.24, 2.45) is 10.9 Å². The first-order valence-corrected chi connectivity index (χ1v) is 12.3. The van der Waals surface area contributed by atoms with Crippen LogP contribution >= 0.6 is 11.3 Å². The summed E-state index contributed by atoms with van der Waals surface area (Å²) in [5, 5.41) is 4.86. The predicted molar refractivity (Wildman–Crippen MR) is 124 cm³/mol. The molecular weight excluding hydrogens is 466 g/mol. The molecule has 1 aliphatic rings. The molecule has 3 aromatic rings. The molecule has 0 saturated heterocycles. The average Bonchev–Trinajstić information content (AvgIpc) is 3.50. The highest BCUT2D eigenvalue weighted by molar-refractivity contribution is 7.90. The van der Waals surface area contributed by atoms with Crippen LogP contribution in [0, 0.1) is 5.92 Å². The van der Waals surface area contributed by atoms with Crippen LogP contribution in [-0.2, 0) is 19.6 Å². The molecule has 33 heavy (non-hydrogen) atoms. The van der Waals surface area contributed by atoms with Crippen molar-refractivity contribution in [3.63, 3.8) is 0 Å². The van der Waals surface area contributed by atoms with Crippen LogP contribution in [-0.4, -0.2) is 49.2 Å². The van der Waals surface area contributed by atoms with Crippen LogP contribution in [0.25, 0.3) is 11.3 Å². The van der Waals surface area contributed by atoms with E-state index in [1.54, 1.807) is 35.8 Å². The van der Waals surface area contributed by atoms with Gasteiger partial charge in [0.1, 0.15) is 17.6 Å². The Labute approximate surface area is 194 Å². The number of benzene rings is 1. The number of H-pyrrole nitrogens is 1. The molecule has 172 valence electrons. The Morgan fingerprint density at radius 3 is 2.73 bits per heavy atom. The summed E-state index contributed by atoms with van der Waals surface area (Å²) in [7, 11) is -2.41. The maximum Gasteiger partial charge on any atom is 0.354 e. The van der Waals surface area contributed by atoms with E-state index in [9.17, 15) is 18.0 Å². The number of hydrogen-bond donors (Lipinski definition) is 3. The first-order chi connectivity index (χ1) is 15.7. The Balaban J connectivity index is 1.54. The van der Waals surface area contributed by atoms with E-state index in [-0.39, 0.29) is 16.6 Å². The SMILES string of the molecule is COC(=O)c1cc(-c2csc(NC(=O)[C@@H](N=C3NS(=O)(=O)c4ccccc43)C(C)C)n2)c[nH]1. The summed E-state index contributed by atoms with van der Waals surface area (Å²) in [5.74, 6) is -0.970. The van der Waals surface area contributed by atoms with Crippen LogP contribution < -0.4 is 10.0 Å². The maximum absolute atomic E-state index is 13.0. The van der Waals surface area contributed by atoms with Crippen molar-refractivity contribution in [3.05, 3.63) is 53.2 Å². The standard InChI is InChI=1S/C21H21N5O5S2/c1-11(2)17(24-18-13-6-4-5-7-16(13)33(29,30)26-18)19(27)25-21-23-15(10-32-21)12-8-14(22-9-12)20(28)31-3/h4-11,17,22H,1-3H3,(H,24,26)(H,23,25,27)/t17-/m0/s1. The van der Waals surface area contributed by atoms with Crippen LogP contribution in [0.15, 0.2) is 51.8 Å². The number of carbonyl (C=O) groups excluding carboxylic acids is 2. The van der Waals surface area contributed by atoms with E-state index >= 15 is 0 Å². The number of aromatic nitrogens is 2. The monoisotopic (exact) mass is 487 g/mol. The van der Waals surface area contributed by atoms with Crippen LogP contribution in [0.2, 0.25) is 0 Å². The van der Waals surface area contributed by atoms with Gasteiger partial charge in [0.15, 0.2) is 5.13 Å². The molecule has 3 heterocycles. The number of nitrogens with one attached hydrogen (secondary N) is 3. The second-order valence-electron chi connectivity index (χ2n) is 7.59. The third-order valence-electron chi connectivity index (χ3n) is 4.95. The number of aliphatic imine (C=N–C) groups is 1. The number of hydrogen-bond acceptors (Lipinski definition) is 8. The molecule has 1 amide bonds. The van der Waals surface area contributed by atoms with Gasteiger partial charge in [0, 0.05) is 22.7 Å². The Kier molecular flexibility index (Phi) is 6.04. The summed E-state index contributed by atoms with van der Waals surface area (Å²) in [4.78, 5) is 36.4. The van der Waals surface area contributed by atoms with E-state index in [1.807, 2.05) is 13.8 Å². The van der Waals surface area contributed by atoms with Gasteiger partial charge in [0.25, 0.3) is 15.9 Å². The number of nitrogens with zero attached hydrogens (tertiary/aromatic N) is 2. The maximum atomic E-state index is 13.0. The first-order valence-electron chi connectivity index (χ1n) is 9.93. The average molecular weight is 488 g/mol. The fraction of sp³-hybridized carbons (Fsp3) is 0.238. The lowest BCUT2D eigenvalue weighted by atomic mass is 10.0. The van der Waals surface area contributed by atoms with Gasteiger partial charge in [0.05, 0.1) is 17.7 Å². The van der Waals surface area contributed by atoms with Crippen molar-refractivity contribution in [3.8, 4) is 11.3 Å². The zero-order valence-electron chi connectivity index (χ0n) is 17.9. The molecule has 0 saturated carbocycles. The van der Waals surface area contributed by atoms with E-state index in [0.29, 0.717) is 27.6 Å². The summed E-state index contributed by atoms with van der Waals surface area (Å²) in [6.45, 7) is 3.65. The van der Waals surface area contributed by atoms with Crippen molar-refractivity contribution in [2.75, 3.05) is 12.4 Å². The minimum Gasteiger partial charge on any atom is -0.464 e. The number of aromatic amines is 1. The number of esters is 1. The van der Waals surface area contributed by atoms with Gasteiger partial charge in [-0.3, -0.25) is 14.5 Å². The largest absolute Gasteiger partial charge is 0.464 e. The van der Waals surface area contributed by atoms with Gasteiger partial charge in [-0.1, -0.05) is 26.0 Å². The van der Waals surface area contributed by atoms with E-state index in [1.165, 1.54) is 24.5 Å². The number of methoxy groups -OCH3 is 1. The van der Waals surface area contributed by atoms with Gasteiger partial charge in [-0.05, 0) is 24.1 Å². The molecule has 2 aromatic heterocycles. The van der Waals surface area contributed by atoms with Gasteiger partial charge in [-0.2, -0.15) is 0 Å². The van der Waals surface area contributed by atoms with Gasteiger partial charge in [-0.25, -0.2) is 18.2 Å². The minimum absolute atomic E-state index is 0.133. The molecule has 0 bridgehead atoms. The highest BCUT2D eigenvalue weighted by Crippen LogP contribution is 2.27. The normalized spacial score (nSPS) is 16.3. The van der Waals surface area contributed by atoms with Crippen LogP contribution in [0.3, 0.4) is 0 Å². The lowest BCUT2D eigenvalue weighted by Gasteiger charge is -2.16. The Hall–Kier alpha value is -3.51. The molecule has 12 heteroatoms. The predicted octanol–water partition coefficient (Wildman–Crippen LogP) is 2.63.